The van der Waals surface area contributed by atoms with Crippen LogP contribution >= 0.6 is 0 Å². The minimum atomic E-state index is -0.489. The number of para-hydroxylation sites is 1. The average molecular weight is 397 g/mol. The van der Waals surface area contributed by atoms with Crippen LogP contribution in [0.3, 0.4) is 0 Å². The molecule has 1 N–H and O–H groups in total. The molecule has 0 aliphatic carbocycles. The van der Waals surface area contributed by atoms with Crippen molar-refractivity contribution in [1.82, 2.24) is 0 Å². The highest BCUT2D eigenvalue weighted by molar-refractivity contribution is 6.01. The second-order valence-electron chi connectivity index (χ2n) is 6.45. The smallest absolute Gasteiger partial charge is 0.340 e. The fourth-order valence-corrected chi connectivity index (χ4v) is 2.96. The van der Waals surface area contributed by atoms with Crippen molar-refractivity contribution < 1.29 is 28.6 Å². The summed E-state index contributed by atoms with van der Waals surface area (Å²) in [6.07, 6.45) is 0.778. The van der Waals surface area contributed by atoms with Gasteiger partial charge in [-0.2, -0.15) is 0 Å². The molecular weight excluding hydrogens is 374 g/mol. The van der Waals surface area contributed by atoms with Crippen molar-refractivity contribution in [1.29, 1.82) is 0 Å². The fourth-order valence-electron chi connectivity index (χ4n) is 2.96. The maximum absolute atomic E-state index is 12.4. The second-order valence-corrected chi connectivity index (χ2v) is 6.45. The molecule has 0 spiro atoms. The van der Waals surface area contributed by atoms with E-state index in [0.29, 0.717) is 47.9 Å². The van der Waals surface area contributed by atoms with Gasteiger partial charge < -0.3 is 19.5 Å². The lowest BCUT2D eigenvalue weighted by Crippen LogP contribution is -2.16. The highest BCUT2D eigenvalue weighted by Gasteiger charge is 2.16. The van der Waals surface area contributed by atoms with Crippen molar-refractivity contribution in [3.05, 3.63) is 53.6 Å². The summed E-state index contributed by atoms with van der Waals surface area (Å²) in [5, 5.41) is 2.72. The lowest BCUT2D eigenvalue weighted by atomic mass is 10.0. The lowest BCUT2D eigenvalue weighted by Gasteiger charge is -2.18. The first-order valence-electron chi connectivity index (χ1n) is 9.57. The largest absolute Gasteiger partial charge is 0.486 e. The van der Waals surface area contributed by atoms with E-state index >= 15 is 0 Å². The number of Topliss-reactive ketones (excluding diaryl/α,β-unsaturated/α-hetero) is 1. The number of ketones is 1. The second kappa shape index (κ2) is 9.73. The lowest BCUT2D eigenvalue weighted by molar-refractivity contribution is -0.116. The first kappa shape index (κ1) is 20.4. The van der Waals surface area contributed by atoms with Crippen LogP contribution in [0.4, 0.5) is 5.69 Å². The molecular formula is C22H23NO6. The molecule has 152 valence electrons. The number of rotatable bonds is 8. The van der Waals surface area contributed by atoms with Gasteiger partial charge in [0.2, 0.25) is 5.91 Å². The molecule has 0 saturated carbocycles. The van der Waals surface area contributed by atoms with Crippen LogP contribution in [-0.4, -0.2) is 37.5 Å². The third-order valence-electron chi connectivity index (χ3n) is 4.37. The van der Waals surface area contributed by atoms with Gasteiger partial charge in [-0.25, -0.2) is 4.79 Å². The van der Waals surface area contributed by atoms with Crippen molar-refractivity contribution in [2.75, 3.05) is 25.1 Å². The monoisotopic (exact) mass is 397 g/mol. The standard InChI is InChI=1S/C22H23NO6/c1-2-27-22(26)16-6-3-4-7-17(16)23-21(25)9-5-8-18(24)15-10-11-19-20(14-15)29-13-12-28-19/h3-4,6-7,10-11,14H,2,5,8-9,12-13H2,1H3,(H,23,25). The summed E-state index contributed by atoms with van der Waals surface area (Å²) < 4.78 is 15.9. The summed E-state index contributed by atoms with van der Waals surface area (Å²) in [4.78, 5) is 36.6. The number of carbonyl (C=O) groups excluding carboxylic acids is 3. The molecule has 1 amide bonds. The number of fused-ring (bicyclic) bond motifs is 1. The molecule has 0 aromatic heterocycles. The molecule has 1 aliphatic heterocycles. The Labute approximate surface area is 169 Å². The Hall–Kier alpha value is -3.35. The van der Waals surface area contributed by atoms with Crippen molar-refractivity contribution in [3.8, 4) is 11.5 Å². The number of anilines is 1. The SMILES string of the molecule is CCOC(=O)c1ccccc1NC(=O)CCCC(=O)c1ccc2c(c1)OCCO2. The maximum Gasteiger partial charge on any atom is 0.340 e. The number of carbonyl (C=O) groups is 3. The van der Waals surface area contributed by atoms with Crippen LogP contribution in [0, 0.1) is 0 Å². The Morgan fingerprint density at radius 1 is 1.00 bits per heavy atom. The minimum absolute atomic E-state index is 0.0679. The van der Waals surface area contributed by atoms with Gasteiger partial charge in [0.25, 0.3) is 0 Å². The van der Waals surface area contributed by atoms with Crippen molar-refractivity contribution in [3.63, 3.8) is 0 Å². The molecule has 7 heteroatoms. The van der Waals surface area contributed by atoms with Gasteiger partial charge >= 0.3 is 5.97 Å². The highest BCUT2D eigenvalue weighted by atomic mass is 16.6. The number of amides is 1. The van der Waals surface area contributed by atoms with Crippen LogP contribution in [-0.2, 0) is 9.53 Å². The average Bonchev–Trinajstić information content (AvgIpc) is 2.73. The van der Waals surface area contributed by atoms with Gasteiger partial charge in [0.05, 0.1) is 17.9 Å². The fraction of sp³-hybridized carbons (Fsp3) is 0.318. The maximum atomic E-state index is 12.4. The molecule has 2 aromatic rings. The molecule has 0 saturated heterocycles. The predicted octanol–water partition coefficient (Wildman–Crippen LogP) is 3.63. The van der Waals surface area contributed by atoms with Crippen LogP contribution in [0.25, 0.3) is 0 Å². The number of benzene rings is 2. The third kappa shape index (κ3) is 5.34. The number of ether oxygens (including phenoxy) is 3. The summed E-state index contributed by atoms with van der Waals surface area (Å²) in [5.41, 5.74) is 1.23. The number of hydrogen-bond acceptors (Lipinski definition) is 6. The quantitative estimate of drug-likeness (QED) is 0.540. The molecule has 29 heavy (non-hydrogen) atoms. The van der Waals surface area contributed by atoms with Gasteiger partial charge in [-0.15, -0.1) is 0 Å². The van der Waals surface area contributed by atoms with Crippen LogP contribution < -0.4 is 14.8 Å². The van der Waals surface area contributed by atoms with Gasteiger partial charge in [0.15, 0.2) is 17.3 Å². The molecule has 2 aromatic carbocycles. The first-order valence-corrected chi connectivity index (χ1v) is 9.57. The van der Waals surface area contributed by atoms with Crippen LogP contribution in [0.2, 0.25) is 0 Å². The summed E-state index contributed by atoms with van der Waals surface area (Å²) in [7, 11) is 0. The topological polar surface area (TPSA) is 90.9 Å². The number of hydrogen-bond donors (Lipinski definition) is 1. The van der Waals surface area contributed by atoms with Gasteiger partial charge in [-0.05, 0) is 43.7 Å². The van der Waals surface area contributed by atoms with E-state index < -0.39 is 5.97 Å². The van der Waals surface area contributed by atoms with E-state index in [0.717, 1.165) is 0 Å². The predicted molar refractivity (Wildman–Crippen MR) is 107 cm³/mol. The van der Waals surface area contributed by atoms with E-state index in [2.05, 4.69) is 5.32 Å². The summed E-state index contributed by atoms with van der Waals surface area (Å²) in [6.45, 7) is 2.92. The van der Waals surface area contributed by atoms with Gasteiger partial charge in [0.1, 0.15) is 13.2 Å². The summed E-state index contributed by atoms with van der Waals surface area (Å²) in [6, 6.07) is 11.8. The van der Waals surface area contributed by atoms with Crippen LogP contribution in [0.15, 0.2) is 42.5 Å². The zero-order chi connectivity index (χ0) is 20.6. The van der Waals surface area contributed by atoms with E-state index in [1.165, 1.54) is 0 Å². The van der Waals surface area contributed by atoms with Gasteiger partial charge in [-0.1, -0.05) is 12.1 Å². The first-order chi connectivity index (χ1) is 14.1. The molecule has 0 bridgehead atoms. The zero-order valence-corrected chi connectivity index (χ0v) is 16.2. The Morgan fingerprint density at radius 2 is 1.76 bits per heavy atom. The molecule has 0 radical (unpaired) electrons. The van der Waals surface area contributed by atoms with E-state index in [1.54, 1.807) is 49.4 Å². The number of esters is 1. The van der Waals surface area contributed by atoms with Crippen molar-refractivity contribution >= 4 is 23.3 Å². The third-order valence-corrected chi connectivity index (χ3v) is 4.37. The van der Waals surface area contributed by atoms with Crippen molar-refractivity contribution in [2.24, 2.45) is 0 Å². The summed E-state index contributed by atoms with van der Waals surface area (Å²) >= 11 is 0. The number of nitrogens with one attached hydrogen (secondary N) is 1. The molecule has 3 rings (SSSR count). The highest BCUT2D eigenvalue weighted by Crippen LogP contribution is 2.31. The normalized spacial score (nSPS) is 12.2. The Bertz CT molecular complexity index is 908. The van der Waals surface area contributed by atoms with Crippen molar-refractivity contribution in [2.45, 2.75) is 26.2 Å². The van der Waals surface area contributed by atoms with Crippen LogP contribution in [0.1, 0.15) is 46.9 Å². The molecule has 1 aliphatic rings. The molecule has 0 unspecified atom stereocenters. The Balaban J connectivity index is 1.51. The zero-order valence-electron chi connectivity index (χ0n) is 16.2. The molecule has 0 fully saturated rings. The van der Waals surface area contributed by atoms with Crippen LogP contribution in [0.5, 0.6) is 11.5 Å². The molecule has 1 heterocycles. The molecule has 7 nitrogen and oxygen atoms in total. The minimum Gasteiger partial charge on any atom is -0.486 e. The molecule has 0 atom stereocenters. The van der Waals surface area contributed by atoms with E-state index in [-0.39, 0.29) is 31.1 Å². The Morgan fingerprint density at radius 3 is 2.55 bits per heavy atom. The van der Waals surface area contributed by atoms with Gasteiger partial charge in [0, 0.05) is 18.4 Å². The Kier molecular flexibility index (Phi) is 6.84. The van der Waals surface area contributed by atoms with E-state index in [1.807, 2.05) is 0 Å². The van der Waals surface area contributed by atoms with E-state index in [4.69, 9.17) is 14.2 Å². The van der Waals surface area contributed by atoms with Gasteiger partial charge in [-0.3, -0.25) is 9.59 Å². The van der Waals surface area contributed by atoms with E-state index in [9.17, 15) is 14.4 Å². The summed E-state index contributed by atoms with van der Waals surface area (Å²) in [5.74, 6) is 0.374.